The Labute approximate surface area is 121 Å². The van der Waals surface area contributed by atoms with E-state index in [1.807, 2.05) is 0 Å². The van der Waals surface area contributed by atoms with Gasteiger partial charge in [0.25, 0.3) is 11.7 Å². The zero-order chi connectivity index (χ0) is 15.0. The molecule has 5 nitrogen and oxygen atoms in total. The fraction of sp³-hybridized carbons (Fsp3) is 0.467. The third kappa shape index (κ3) is 2.56. The van der Waals surface area contributed by atoms with Crippen LogP contribution in [0.2, 0.25) is 0 Å². The molecule has 6 heteroatoms. The van der Waals surface area contributed by atoms with Gasteiger partial charge in [0.2, 0.25) is 0 Å². The highest BCUT2D eigenvalue weighted by atomic mass is 19.1. The molecule has 2 heterocycles. The minimum Gasteiger partial charge on any atom is -0.353 e. The van der Waals surface area contributed by atoms with Gasteiger partial charge in [0.05, 0.1) is 24.5 Å². The van der Waals surface area contributed by atoms with Crippen LogP contribution in [0.5, 0.6) is 0 Å². The Morgan fingerprint density at radius 3 is 2.71 bits per heavy atom. The average Bonchev–Trinajstić information content (AvgIpc) is 2.71. The largest absolute Gasteiger partial charge is 0.353 e. The molecule has 0 atom stereocenters. The van der Waals surface area contributed by atoms with Crippen molar-refractivity contribution in [1.29, 1.82) is 0 Å². The molecule has 1 fully saturated rings. The van der Waals surface area contributed by atoms with Crippen molar-refractivity contribution < 1.29 is 23.5 Å². The Morgan fingerprint density at radius 1 is 1.29 bits per heavy atom. The molecule has 0 spiro atoms. The van der Waals surface area contributed by atoms with E-state index >= 15 is 0 Å². The van der Waals surface area contributed by atoms with Gasteiger partial charge in [-0.05, 0) is 31.0 Å². The number of Topliss-reactive ketones (excluding diaryl/α,β-unsaturated/α-hetero) is 1. The third-order valence-electron chi connectivity index (χ3n) is 3.70. The molecular weight excluding hydrogens is 277 g/mol. The summed E-state index contributed by atoms with van der Waals surface area (Å²) in [6.07, 6.45) is 0.986. The molecule has 2 aliphatic rings. The molecule has 0 N–H and O–H groups in total. The van der Waals surface area contributed by atoms with Gasteiger partial charge in [-0.2, -0.15) is 0 Å². The standard InChI is InChI=1S/C15H16FNO4/c1-9-7-10(16)8-11-13(9)17(15(19)14(11)18)4-3-12-20-5-2-6-21-12/h7-8,12H,2-6H2,1H3. The average molecular weight is 293 g/mol. The van der Waals surface area contributed by atoms with Crippen molar-refractivity contribution in [2.45, 2.75) is 26.1 Å². The minimum atomic E-state index is -0.655. The van der Waals surface area contributed by atoms with Crippen LogP contribution in [0.1, 0.15) is 28.8 Å². The Bertz CT molecular complexity index is 596. The van der Waals surface area contributed by atoms with Gasteiger partial charge < -0.3 is 14.4 Å². The van der Waals surface area contributed by atoms with E-state index in [0.29, 0.717) is 37.4 Å². The maximum atomic E-state index is 13.4. The van der Waals surface area contributed by atoms with E-state index < -0.39 is 17.5 Å². The van der Waals surface area contributed by atoms with Crippen LogP contribution in [0.25, 0.3) is 0 Å². The summed E-state index contributed by atoms with van der Waals surface area (Å²) in [6.45, 7) is 3.28. The molecule has 0 aliphatic carbocycles. The normalized spacial score (nSPS) is 19.2. The number of hydrogen-bond acceptors (Lipinski definition) is 4. The molecule has 112 valence electrons. The van der Waals surface area contributed by atoms with E-state index in [-0.39, 0.29) is 11.9 Å². The van der Waals surface area contributed by atoms with E-state index in [1.165, 1.54) is 11.0 Å². The first-order valence-corrected chi connectivity index (χ1v) is 6.97. The molecular formula is C15H16FNO4. The van der Waals surface area contributed by atoms with E-state index in [2.05, 4.69) is 0 Å². The SMILES string of the molecule is Cc1cc(F)cc2c1N(CCC1OCCCO1)C(=O)C2=O. The first kappa shape index (κ1) is 14.2. The van der Waals surface area contributed by atoms with E-state index in [4.69, 9.17) is 9.47 Å². The van der Waals surface area contributed by atoms with Crippen LogP contribution < -0.4 is 4.90 Å². The van der Waals surface area contributed by atoms with Crippen molar-refractivity contribution in [2.75, 3.05) is 24.7 Å². The monoisotopic (exact) mass is 293 g/mol. The maximum Gasteiger partial charge on any atom is 0.299 e. The summed E-state index contributed by atoms with van der Waals surface area (Å²) in [6, 6.07) is 2.45. The van der Waals surface area contributed by atoms with Gasteiger partial charge in [-0.1, -0.05) is 0 Å². The number of benzene rings is 1. The Balaban J connectivity index is 1.80. The van der Waals surface area contributed by atoms with Crippen molar-refractivity contribution in [1.82, 2.24) is 0 Å². The lowest BCUT2D eigenvalue weighted by Gasteiger charge is -2.26. The van der Waals surface area contributed by atoms with E-state index in [0.717, 1.165) is 12.5 Å². The van der Waals surface area contributed by atoms with Gasteiger partial charge in [0.15, 0.2) is 6.29 Å². The number of carbonyl (C=O) groups excluding carboxylic acids is 2. The van der Waals surface area contributed by atoms with Crippen LogP contribution in [0.4, 0.5) is 10.1 Å². The smallest absolute Gasteiger partial charge is 0.299 e. The highest BCUT2D eigenvalue weighted by molar-refractivity contribution is 6.52. The van der Waals surface area contributed by atoms with E-state index in [9.17, 15) is 14.0 Å². The number of aryl methyl sites for hydroxylation is 1. The lowest BCUT2D eigenvalue weighted by molar-refractivity contribution is -0.179. The van der Waals surface area contributed by atoms with Crippen LogP contribution >= 0.6 is 0 Å². The van der Waals surface area contributed by atoms with Gasteiger partial charge in [-0.3, -0.25) is 9.59 Å². The van der Waals surface area contributed by atoms with Gasteiger partial charge in [0, 0.05) is 13.0 Å². The number of ketones is 1. The number of hydrogen-bond donors (Lipinski definition) is 0. The van der Waals surface area contributed by atoms with Crippen molar-refractivity contribution in [2.24, 2.45) is 0 Å². The van der Waals surface area contributed by atoms with Crippen LogP contribution in [-0.4, -0.2) is 37.7 Å². The van der Waals surface area contributed by atoms with Crippen LogP contribution in [0.3, 0.4) is 0 Å². The predicted octanol–water partition coefficient (Wildman–Crippen LogP) is 1.82. The Morgan fingerprint density at radius 2 is 2.00 bits per heavy atom. The second-order valence-electron chi connectivity index (χ2n) is 5.22. The Hall–Kier alpha value is -1.79. The molecule has 1 amide bonds. The first-order chi connectivity index (χ1) is 10.1. The quantitative estimate of drug-likeness (QED) is 0.798. The zero-order valence-electron chi connectivity index (χ0n) is 11.7. The molecule has 0 radical (unpaired) electrons. The molecule has 3 rings (SSSR count). The predicted molar refractivity (Wildman–Crippen MR) is 72.7 cm³/mol. The molecule has 0 bridgehead atoms. The molecule has 0 aromatic heterocycles. The van der Waals surface area contributed by atoms with Gasteiger partial charge in [0.1, 0.15) is 5.82 Å². The van der Waals surface area contributed by atoms with Crippen LogP contribution in [0.15, 0.2) is 12.1 Å². The summed E-state index contributed by atoms with van der Waals surface area (Å²) >= 11 is 0. The topological polar surface area (TPSA) is 55.8 Å². The molecule has 0 saturated carbocycles. The first-order valence-electron chi connectivity index (χ1n) is 6.97. The fourth-order valence-electron chi connectivity index (χ4n) is 2.76. The number of ether oxygens (including phenoxy) is 2. The Kier molecular flexibility index (Phi) is 3.73. The number of halogens is 1. The zero-order valence-corrected chi connectivity index (χ0v) is 11.7. The van der Waals surface area contributed by atoms with Crippen LogP contribution in [-0.2, 0) is 14.3 Å². The summed E-state index contributed by atoms with van der Waals surface area (Å²) < 4.78 is 24.3. The van der Waals surface area contributed by atoms with Crippen molar-refractivity contribution >= 4 is 17.4 Å². The number of fused-ring (bicyclic) bond motifs is 1. The summed E-state index contributed by atoms with van der Waals surface area (Å²) in [5.41, 5.74) is 1.22. The maximum absolute atomic E-state index is 13.4. The number of rotatable bonds is 3. The fourth-order valence-corrected chi connectivity index (χ4v) is 2.76. The van der Waals surface area contributed by atoms with Gasteiger partial charge in [-0.25, -0.2) is 4.39 Å². The molecule has 0 unspecified atom stereocenters. The molecule has 1 saturated heterocycles. The van der Waals surface area contributed by atoms with Crippen molar-refractivity contribution in [3.05, 3.63) is 29.1 Å². The molecule has 1 aromatic carbocycles. The lowest BCUT2D eigenvalue weighted by atomic mass is 10.1. The summed E-state index contributed by atoms with van der Waals surface area (Å²) in [5, 5.41) is 0. The van der Waals surface area contributed by atoms with Crippen molar-refractivity contribution in [3.8, 4) is 0 Å². The molecule has 2 aliphatic heterocycles. The number of nitrogens with zero attached hydrogens (tertiary/aromatic N) is 1. The van der Waals surface area contributed by atoms with E-state index in [1.54, 1.807) is 6.92 Å². The number of amides is 1. The minimum absolute atomic E-state index is 0.142. The van der Waals surface area contributed by atoms with Crippen LogP contribution in [0, 0.1) is 12.7 Å². The van der Waals surface area contributed by atoms with Gasteiger partial charge in [-0.15, -0.1) is 0 Å². The molecule has 21 heavy (non-hydrogen) atoms. The summed E-state index contributed by atoms with van der Waals surface area (Å²) in [7, 11) is 0. The highest BCUT2D eigenvalue weighted by Crippen LogP contribution is 2.33. The molecule has 1 aromatic rings. The number of carbonyl (C=O) groups is 2. The highest BCUT2D eigenvalue weighted by Gasteiger charge is 2.37. The second kappa shape index (κ2) is 5.54. The summed E-state index contributed by atoms with van der Waals surface area (Å²) in [5.74, 6) is -1.78. The lowest BCUT2D eigenvalue weighted by Crippen LogP contribution is -2.35. The van der Waals surface area contributed by atoms with Crippen molar-refractivity contribution in [3.63, 3.8) is 0 Å². The number of anilines is 1. The third-order valence-corrected chi connectivity index (χ3v) is 3.70. The second-order valence-corrected chi connectivity index (χ2v) is 5.22. The summed E-state index contributed by atoms with van der Waals surface area (Å²) in [4.78, 5) is 25.4. The van der Waals surface area contributed by atoms with Gasteiger partial charge >= 0.3 is 0 Å².